The molecular formula is C32H35N2+. The molecule has 0 N–H and O–H groups in total. The molecule has 0 spiro atoms. The molecule has 0 fully saturated rings. The molecule has 2 nitrogen and oxygen atoms in total. The Morgan fingerprint density at radius 3 is 2.32 bits per heavy atom. The van der Waals surface area contributed by atoms with E-state index in [4.69, 9.17) is 0 Å². The Morgan fingerprint density at radius 1 is 0.824 bits per heavy atom. The number of hydrogen-bond donors (Lipinski definition) is 0. The van der Waals surface area contributed by atoms with Crippen molar-refractivity contribution in [1.29, 1.82) is 0 Å². The van der Waals surface area contributed by atoms with Crippen molar-refractivity contribution in [3.8, 4) is 0 Å². The summed E-state index contributed by atoms with van der Waals surface area (Å²) in [5.74, 6) is 0. The zero-order chi connectivity index (χ0) is 24.1. The first-order valence-electron chi connectivity index (χ1n) is 12.3. The standard InChI is InChI=1S/C32H35N2/c1-7-34-27-22-21-23-15-11-12-16-24(23)30(27)32(4,5)29(34)20-10-8-9-19-28-31(2,3)25-17-13-14-18-26(25)33(28)6/h8-22H,7H2,1-6H3/q+1. The van der Waals surface area contributed by atoms with Crippen LogP contribution in [0.15, 0.2) is 96.7 Å². The van der Waals surface area contributed by atoms with E-state index in [1.807, 2.05) is 0 Å². The Hall–Kier alpha value is -3.39. The first-order chi connectivity index (χ1) is 16.3. The van der Waals surface area contributed by atoms with Gasteiger partial charge in [0, 0.05) is 41.1 Å². The lowest BCUT2D eigenvalue weighted by molar-refractivity contribution is -0.401. The molecule has 2 heterocycles. The maximum Gasteiger partial charge on any atom is 0.209 e. The first kappa shape index (κ1) is 22.4. The third-order valence-electron chi connectivity index (χ3n) is 7.74. The van der Waals surface area contributed by atoms with E-state index < -0.39 is 0 Å². The minimum Gasteiger partial charge on any atom is -0.344 e. The second-order valence-corrected chi connectivity index (χ2v) is 10.4. The van der Waals surface area contributed by atoms with Gasteiger partial charge in [0.25, 0.3) is 0 Å². The number of benzene rings is 3. The van der Waals surface area contributed by atoms with Crippen LogP contribution in [0.3, 0.4) is 0 Å². The molecular weight excluding hydrogens is 412 g/mol. The van der Waals surface area contributed by atoms with Gasteiger partial charge >= 0.3 is 0 Å². The molecule has 0 bridgehead atoms. The lowest BCUT2D eigenvalue weighted by Crippen LogP contribution is -2.26. The van der Waals surface area contributed by atoms with Crippen molar-refractivity contribution < 1.29 is 4.58 Å². The topological polar surface area (TPSA) is 6.25 Å². The molecule has 2 aliphatic heterocycles. The fraction of sp³-hybridized carbons (Fsp3) is 0.281. The van der Waals surface area contributed by atoms with Crippen LogP contribution >= 0.6 is 0 Å². The second kappa shape index (κ2) is 8.13. The molecule has 0 aromatic heterocycles. The number of nitrogens with zero attached hydrogens (tertiary/aromatic N) is 2. The molecule has 0 saturated carbocycles. The highest BCUT2D eigenvalue weighted by Gasteiger charge is 2.42. The molecule has 5 rings (SSSR count). The summed E-state index contributed by atoms with van der Waals surface area (Å²) < 4.78 is 2.32. The smallest absolute Gasteiger partial charge is 0.209 e. The zero-order valence-electron chi connectivity index (χ0n) is 21.3. The number of fused-ring (bicyclic) bond motifs is 4. The lowest BCUT2D eigenvalue weighted by atomic mass is 9.81. The predicted octanol–water partition coefficient (Wildman–Crippen LogP) is 7.66. The Morgan fingerprint density at radius 2 is 1.56 bits per heavy atom. The Kier molecular flexibility index (Phi) is 5.36. The summed E-state index contributed by atoms with van der Waals surface area (Å²) in [6.45, 7) is 12.5. The van der Waals surface area contributed by atoms with Crippen LogP contribution in [0, 0.1) is 0 Å². The predicted molar refractivity (Wildman–Crippen MR) is 147 cm³/mol. The molecule has 3 aromatic rings. The molecule has 2 aliphatic rings. The van der Waals surface area contributed by atoms with E-state index in [1.54, 1.807) is 0 Å². The third kappa shape index (κ3) is 3.27. The van der Waals surface area contributed by atoms with E-state index in [9.17, 15) is 0 Å². The molecule has 0 unspecified atom stereocenters. The highest BCUT2D eigenvalue weighted by Crippen LogP contribution is 2.50. The molecule has 0 atom stereocenters. The van der Waals surface area contributed by atoms with Gasteiger partial charge in [0.15, 0.2) is 5.71 Å². The van der Waals surface area contributed by atoms with E-state index in [0.717, 1.165) is 6.54 Å². The van der Waals surface area contributed by atoms with Crippen molar-refractivity contribution in [1.82, 2.24) is 0 Å². The number of hydrogen-bond acceptors (Lipinski definition) is 1. The van der Waals surface area contributed by atoms with E-state index in [2.05, 4.69) is 142 Å². The summed E-state index contributed by atoms with van der Waals surface area (Å²) in [6.07, 6.45) is 11.1. The molecule has 0 aliphatic carbocycles. The van der Waals surface area contributed by atoms with Crippen LogP contribution in [-0.4, -0.2) is 23.9 Å². The van der Waals surface area contributed by atoms with Crippen LogP contribution in [0.5, 0.6) is 0 Å². The van der Waals surface area contributed by atoms with Gasteiger partial charge in [0.05, 0.1) is 5.41 Å². The summed E-state index contributed by atoms with van der Waals surface area (Å²) in [4.78, 5) is 2.47. The highest BCUT2D eigenvalue weighted by atomic mass is 15.2. The van der Waals surface area contributed by atoms with Crippen LogP contribution in [0.25, 0.3) is 10.8 Å². The van der Waals surface area contributed by atoms with Crippen molar-refractivity contribution in [2.75, 3.05) is 18.5 Å². The average molecular weight is 448 g/mol. The highest BCUT2D eigenvalue weighted by molar-refractivity contribution is 6.03. The van der Waals surface area contributed by atoms with Crippen molar-refractivity contribution in [2.24, 2.45) is 0 Å². The summed E-state index contributed by atoms with van der Waals surface area (Å²) in [7, 11) is 2.17. The summed E-state index contributed by atoms with van der Waals surface area (Å²) in [6, 6.07) is 22.0. The van der Waals surface area contributed by atoms with E-state index in [1.165, 1.54) is 44.7 Å². The van der Waals surface area contributed by atoms with Crippen molar-refractivity contribution in [3.05, 3.63) is 108 Å². The molecule has 0 saturated heterocycles. The number of likely N-dealkylation sites (N-methyl/N-ethyl adjacent to an activating group) is 1. The summed E-state index contributed by atoms with van der Waals surface area (Å²) in [5, 5.41) is 2.67. The fourth-order valence-corrected chi connectivity index (χ4v) is 6.04. The van der Waals surface area contributed by atoms with Gasteiger partial charge < -0.3 is 4.90 Å². The maximum atomic E-state index is 2.47. The average Bonchev–Trinajstić information content (AvgIpc) is 3.17. The summed E-state index contributed by atoms with van der Waals surface area (Å²) >= 11 is 0. The van der Waals surface area contributed by atoms with Crippen molar-refractivity contribution in [2.45, 2.75) is 45.4 Å². The van der Waals surface area contributed by atoms with E-state index in [0.29, 0.717) is 0 Å². The van der Waals surface area contributed by atoms with Crippen LogP contribution in [0.1, 0.15) is 45.7 Å². The van der Waals surface area contributed by atoms with E-state index in [-0.39, 0.29) is 10.8 Å². The van der Waals surface area contributed by atoms with Gasteiger partial charge in [-0.2, -0.15) is 4.58 Å². The van der Waals surface area contributed by atoms with Crippen LogP contribution in [-0.2, 0) is 10.8 Å². The van der Waals surface area contributed by atoms with Gasteiger partial charge in [0.2, 0.25) is 5.69 Å². The second-order valence-electron chi connectivity index (χ2n) is 10.4. The van der Waals surface area contributed by atoms with Crippen LogP contribution in [0.4, 0.5) is 11.4 Å². The van der Waals surface area contributed by atoms with Crippen LogP contribution in [0.2, 0.25) is 0 Å². The number of rotatable bonds is 4. The lowest BCUT2D eigenvalue weighted by Gasteiger charge is -2.26. The monoisotopic (exact) mass is 447 g/mol. The first-order valence-corrected chi connectivity index (χ1v) is 12.3. The third-order valence-corrected chi connectivity index (χ3v) is 7.74. The zero-order valence-corrected chi connectivity index (χ0v) is 21.3. The van der Waals surface area contributed by atoms with Gasteiger partial charge in [0.1, 0.15) is 7.05 Å². The minimum absolute atomic E-state index is 0.00328. The van der Waals surface area contributed by atoms with Crippen molar-refractivity contribution in [3.63, 3.8) is 0 Å². The molecule has 0 radical (unpaired) electrons. The molecule has 34 heavy (non-hydrogen) atoms. The SMILES string of the molecule is CCN1/C(=C/C=C/C=C/C2=[N+](C)c3ccccc3C2(C)C)C(C)(C)c2c1ccc1ccccc21. The van der Waals surface area contributed by atoms with Gasteiger partial charge in [-0.25, -0.2) is 0 Å². The summed E-state index contributed by atoms with van der Waals surface area (Å²) in [5.41, 5.74) is 8.09. The normalized spacial score (nSPS) is 19.7. The van der Waals surface area contributed by atoms with Gasteiger partial charge in [-0.05, 0) is 49.2 Å². The molecule has 0 amide bonds. The quantitative estimate of drug-likeness (QED) is 0.294. The van der Waals surface area contributed by atoms with Crippen LogP contribution < -0.4 is 4.90 Å². The van der Waals surface area contributed by atoms with E-state index >= 15 is 0 Å². The van der Waals surface area contributed by atoms with Gasteiger partial charge in [-0.1, -0.05) is 80.6 Å². The Labute approximate surface area is 204 Å². The van der Waals surface area contributed by atoms with Crippen molar-refractivity contribution >= 4 is 27.9 Å². The molecule has 2 heteroatoms. The maximum absolute atomic E-state index is 2.47. The van der Waals surface area contributed by atoms with Gasteiger partial charge in [-0.15, -0.1) is 0 Å². The number of anilines is 1. The minimum atomic E-state index is -0.0513. The number of para-hydroxylation sites is 1. The number of allylic oxidation sites excluding steroid dienone is 6. The molecule has 3 aromatic carbocycles. The van der Waals surface area contributed by atoms with Gasteiger partial charge in [-0.3, -0.25) is 0 Å². The fourth-order valence-electron chi connectivity index (χ4n) is 6.04. The largest absolute Gasteiger partial charge is 0.344 e. The molecule has 172 valence electrons. The Balaban J connectivity index is 1.45. The Bertz CT molecular complexity index is 1400.